The maximum absolute atomic E-state index is 8.18. The molecule has 0 heterocycles. The Kier molecular flexibility index (Phi) is 4.61. The molecule has 0 aliphatic rings. The molecule has 0 rings (SSSR count). The van der Waals surface area contributed by atoms with Gasteiger partial charge in [-0.15, -0.1) is 11.6 Å². The topological polar surface area (TPSA) is 40.5 Å². The van der Waals surface area contributed by atoms with E-state index in [9.17, 15) is 0 Å². The van der Waals surface area contributed by atoms with Crippen molar-refractivity contribution in [1.82, 2.24) is 0 Å². The lowest BCUT2D eigenvalue weighted by Gasteiger charge is -1.90. The summed E-state index contributed by atoms with van der Waals surface area (Å²) >= 11 is 5.22. The van der Waals surface area contributed by atoms with Crippen LogP contribution in [0.4, 0.5) is 0 Å². The third kappa shape index (κ3) is 6.27. The quantitative estimate of drug-likeness (QED) is 0.411. The summed E-state index contributed by atoms with van der Waals surface area (Å²) in [6, 6.07) is 0. The number of rotatable bonds is 3. The van der Waals surface area contributed by atoms with Gasteiger partial charge in [-0.2, -0.15) is 0 Å². The van der Waals surface area contributed by atoms with Crippen molar-refractivity contribution in [3.63, 3.8) is 0 Å². The molecule has 0 aliphatic carbocycles. The Morgan fingerprint density at radius 3 is 2.14 bits per heavy atom. The van der Waals surface area contributed by atoms with E-state index >= 15 is 0 Å². The van der Waals surface area contributed by atoms with Gasteiger partial charge in [-0.3, -0.25) is 0 Å². The fraction of sp³-hybridized carbons (Fsp3) is 1.00. The van der Waals surface area contributed by atoms with Crippen molar-refractivity contribution in [2.45, 2.75) is 12.7 Å². The first-order valence-corrected chi connectivity index (χ1v) is 2.73. The van der Waals surface area contributed by atoms with Crippen molar-refractivity contribution in [1.29, 1.82) is 0 Å². The molecule has 4 heteroatoms. The number of alkyl halides is 1. The smallest absolute Gasteiger partial charge is 0.427 e. The third-order valence-electron chi connectivity index (χ3n) is 0.596. The van der Waals surface area contributed by atoms with Gasteiger partial charge in [0.1, 0.15) is 0 Å². The van der Waals surface area contributed by atoms with Gasteiger partial charge in [-0.1, -0.05) is 0 Å². The van der Waals surface area contributed by atoms with Crippen LogP contribution in [0.25, 0.3) is 0 Å². The van der Waals surface area contributed by atoms with Crippen molar-refractivity contribution in [3.8, 4) is 0 Å². The van der Waals surface area contributed by atoms with E-state index in [2.05, 4.69) is 0 Å². The normalized spacial score (nSPS) is 9.00. The maximum Gasteiger partial charge on any atom is 0.451 e. The minimum atomic E-state index is -1.18. The molecule has 42 valence electrons. The Balaban J connectivity index is 2.68. The van der Waals surface area contributed by atoms with E-state index < -0.39 is 7.12 Å². The fourth-order valence-electron chi connectivity index (χ4n) is 0.260. The summed E-state index contributed by atoms with van der Waals surface area (Å²) in [5.74, 6) is 0.498. The highest BCUT2D eigenvalue weighted by molar-refractivity contribution is 6.41. The van der Waals surface area contributed by atoms with Crippen LogP contribution in [-0.4, -0.2) is 23.0 Å². The van der Waals surface area contributed by atoms with Crippen LogP contribution in [0.2, 0.25) is 6.32 Å². The molecule has 7 heavy (non-hydrogen) atoms. The second-order valence-electron chi connectivity index (χ2n) is 1.31. The van der Waals surface area contributed by atoms with Crippen molar-refractivity contribution < 1.29 is 10.0 Å². The Labute approximate surface area is 48.3 Å². The van der Waals surface area contributed by atoms with Crippen LogP contribution in [0, 0.1) is 0 Å². The highest BCUT2D eigenvalue weighted by Crippen LogP contribution is 1.92. The predicted molar refractivity (Wildman–Crippen MR) is 30.3 cm³/mol. The van der Waals surface area contributed by atoms with Crippen molar-refractivity contribution in [2.24, 2.45) is 0 Å². The number of halogens is 1. The first-order chi connectivity index (χ1) is 3.27. The molecule has 0 saturated carbocycles. The highest BCUT2D eigenvalue weighted by atomic mass is 35.5. The van der Waals surface area contributed by atoms with Crippen LogP contribution >= 0.6 is 11.6 Å². The van der Waals surface area contributed by atoms with Gasteiger partial charge in [0.15, 0.2) is 0 Å². The molecule has 0 atom stereocenters. The molecule has 0 aromatic carbocycles. The van der Waals surface area contributed by atoms with E-state index in [1.165, 1.54) is 0 Å². The summed E-state index contributed by atoms with van der Waals surface area (Å²) in [5.41, 5.74) is 0. The fourth-order valence-corrected chi connectivity index (χ4v) is 0.414. The zero-order chi connectivity index (χ0) is 5.70. The minimum absolute atomic E-state index is 0.378. The molecule has 2 N–H and O–H groups in total. The van der Waals surface area contributed by atoms with Crippen LogP contribution in [0.1, 0.15) is 6.42 Å². The van der Waals surface area contributed by atoms with Crippen LogP contribution in [0.15, 0.2) is 0 Å². The summed E-state index contributed by atoms with van der Waals surface area (Å²) in [4.78, 5) is 0. The van der Waals surface area contributed by atoms with E-state index in [0.717, 1.165) is 0 Å². The molecule has 0 radical (unpaired) electrons. The molecule has 0 unspecified atom stereocenters. The molecule has 0 aromatic heterocycles. The third-order valence-corrected chi connectivity index (χ3v) is 0.863. The number of hydrogen-bond donors (Lipinski definition) is 2. The Morgan fingerprint density at radius 2 is 2.00 bits per heavy atom. The van der Waals surface area contributed by atoms with Crippen molar-refractivity contribution in [3.05, 3.63) is 0 Å². The summed E-state index contributed by atoms with van der Waals surface area (Å²) in [5, 5.41) is 16.4. The van der Waals surface area contributed by atoms with Gasteiger partial charge in [0.2, 0.25) is 0 Å². The maximum atomic E-state index is 8.18. The van der Waals surface area contributed by atoms with Crippen LogP contribution in [0.5, 0.6) is 0 Å². The lowest BCUT2D eigenvalue weighted by Crippen LogP contribution is -2.09. The van der Waals surface area contributed by atoms with Gasteiger partial charge in [0.05, 0.1) is 0 Å². The molecule has 0 spiro atoms. The van der Waals surface area contributed by atoms with Gasteiger partial charge in [0.25, 0.3) is 0 Å². The largest absolute Gasteiger partial charge is 0.451 e. The van der Waals surface area contributed by atoms with Crippen LogP contribution in [0.3, 0.4) is 0 Å². The molecule has 0 aromatic rings. The van der Waals surface area contributed by atoms with E-state index in [-0.39, 0.29) is 0 Å². The van der Waals surface area contributed by atoms with Crippen molar-refractivity contribution >= 4 is 18.7 Å². The van der Waals surface area contributed by atoms with E-state index in [0.29, 0.717) is 18.6 Å². The Bertz CT molecular complexity index is 41.9. The zero-order valence-electron chi connectivity index (χ0n) is 3.97. The lowest BCUT2D eigenvalue weighted by molar-refractivity contribution is 0.404. The second-order valence-corrected chi connectivity index (χ2v) is 1.69. The van der Waals surface area contributed by atoms with Gasteiger partial charge >= 0.3 is 7.12 Å². The second kappa shape index (κ2) is 4.43. The monoisotopic (exact) mass is 122 g/mol. The molecular weight excluding hydrogens is 114 g/mol. The zero-order valence-corrected chi connectivity index (χ0v) is 4.73. The highest BCUT2D eigenvalue weighted by Gasteiger charge is 2.02. The standard InChI is InChI=1S/C3H8BClO2/c5-3-1-2-4(6)7/h6-7H,1-3H2. The lowest BCUT2D eigenvalue weighted by atomic mass is 9.85. The molecule has 0 saturated heterocycles. The van der Waals surface area contributed by atoms with E-state index in [4.69, 9.17) is 21.6 Å². The van der Waals surface area contributed by atoms with Gasteiger partial charge in [-0.05, 0) is 12.7 Å². The predicted octanol–water partition coefficient (Wildman–Crippen LogP) is 0.0881. The average Bonchev–Trinajstić information content (AvgIpc) is 1.61. The SMILES string of the molecule is OB(O)CCCCl. The molecule has 0 fully saturated rings. The van der Waals surface area contributed by atoms with Gasteiger partial charge < -0.3 is 10.0 Å². The van der Waals surface area contributed by atoms with Gasteiger partial charge in [0, 0.05) is 5.88 Å². The minimum Gasteiger partial charge on any atom is -0.427 e. The summed E-state index contributed by atoms with van der Waals surface area (Å²) in [7, 11) is -1.18. The molecule has 0 bridgehead atoms. The first kappa shape index (κ1) is 7.27. The molecule has 2 nitrogen and oxygen atoms in total. The Morgan fingerprint density at radius 1 is 1.43 bits per heavy atom. The summed E-state index contributed by atoms with van der Waals surface area (Å²) in [6.07, 6.45) is 1.04. The summed E-state index contributed by atoms with van der Waals surface area (Å²) < 4.78 is 0. The number of hydrogen-bond acceptors (Lipinski definition) is 2. The first-order valence-electron chi connectivity index (χ1n) is 2.19. The van der Waals surface area contributed by atoms with Gasteiger partial charge in [-0.25, -0.2) is 0 Å². The molecular formula is C3H8BClO2. The van der Waals surface area contributed by atoms with E-state index in [1.807, 2.05) is 0 Å². The molecule has 0 amide bonds. The van der Waals surface area contributed by atoms with Crippen molar-refractivity contribution in [2.75, 3.05) is 5.88 Å². The molecule has 0 aliphatic heterocycles. The van der Waals surface area contributed by atoms with Crippen LogP contribution in [-0.2, 0) is 0 Å². The average molecular weight is 122 g/mol. The summed E-state index contributed by atoms with van der Waals surface area (Å²) in [6.45, 7) is 0. The Hall–Kier alpha value is 0.275. The van der Waals surface area contributed by atoms with Crippen LogP contribution < -0.4 is 0 Å². The van der Waals surface area contributed by atoms with E-state index in [1.54, 1.807) is 0 Å².